The number of benzene rings is 2. The number of carbonyl (C=O) groups excluding carboxylic acids is 1. The van der Waals surface area contributed by atoms with E-state index in [1.165, 1.54) is 0 Å². The molecule has 1 atom stereocenters. The van der Waals surface area contributed by atoms with Crippen LogP contribution in [-0.4, -0.2) is 21.0 Å². The van der Waals surface area contributed by atoms with Crippen LogP contribution in [0.2, 0.25) is 10.0 Å². The van der Waals surface area contributed by atoms with Crippen molar-refractivity contribution in [3.8, 4) is 0 Å². The largest absolute Gasteiger partial charge is 0.339 e. The van der Waals surface area contributed by atoms with Gasteiger partial charge in [0.1, 0.15) is 6.17 Å². The quantitative estimate of drug-likeness (QED) is 0.317. The van der Waals surface area contributed by atoms with Crippen LogP contribution in [0.3, 0.4) is 0 Å². The lowest BCUT2D eigenvalue weighted by Gasteiger charge is -2.28. The lowest BCUT2D eigenvalue weighted by molar-refractivity contribution is 0.0934. The number of anilines is 1. The first-order valence-electron chi connectivity index (χ1n) is 7.12. The van der Waals surface area contributed by atoms with E-state index in [1.54, 1.807) is 48.5 Å². The third-order valence-corrected chi connectivity index (χ3v) is 4.62. The van der Waals surface area contributed by atoms with Crippen LogP contribution in [0.15, 0.2) is 48.5 Å². The van der Waals surface area contributed by atoms with Gasteiger partial charge >= 0.3 is 0 Å². The second-order valence-corrected chi connectivity index (χ2v) is 8.60. The van der Waals surface area contributed by atoms with Gasteiger partial charge in [-0.1, -0.05) is 82.3 Å². The molecule has 4 nitrogen and oxygen atoms in total. The monoisotopic (exact) mass is 469 g/mol. The minimum atomic E-state index is -1.87. The molecule has 2 rings (SSSR count). The Morgan fingerprint density at radius 2 is 1.50 bits per heavy atom. The van der Waals surface area contributed by atoms with E-state index >= 15 is 0 Å². The second-order valence-electron chi connectivity index (χ2n) is 5.01. The molecule has 10 heteroatoms. The highest BCUT2D eigenvalue weighted by atomic mass is 35.6. The smallest absolute Gasteiger partial charge is 0.252 e. The Balaban J connectivity index is 2.10. The third kappa shape index (κ3) is 6.05. The van der Waals surface area contributed by atoms with Crippen LogP contribution in [0.4, 0.5) is 5.69 Å². The number of thiocarbonyl (C=S) groups is 1. The van der Waals surface area contributed by atoms with E-state index in [0.717, 1.165) is 0 Å². The molecule has 2 aromatic rings. The maximum Gasteiger partial charge on any atom is 0.252 e. The van der Waals surface area contributed by atoms with Gasteiger partial charge in [-0.2, -0.15) is 0 Å². The van der Waals surface area contributed by atoms with Gasteiger partial charge in [0.2, 0.25) is 3.79 Å². The normalized spacial score (nSPS) is 12.2. The average molecular weight is 472 g/mol. The fraction of sp³-hybridized carbons (Fsp3) is 0.125. The van der Waals surface area contributed by atoms with Gasteiger partial charge < -0.3 is 16.0 Å². The maximum atomic E-state index is 12.3. The highest BCUT2D eigenvalue weighted by Gasteiger charge is 2.35. The molecule has 0 fully saturated rings. The number of alkyl halides is 3. The highest BCUT2D eigenvalue weighted by molar-refractivity contribution is 7.80. The SMILES string of the molecule is O=C(N[C@@H](NC(=S)Nc1c(Cl)cccc1Cl)C(Cl)(Cl)Cl)c1ccccc1. The van der Waals surface area contributed by atoms with Gasteiger partial charge in [0.25, 0.3) is 5.91 Å². The van der Waals surface area contributed by atoms with E-state index in [1.807, 2.05) is 0 Å². The predicted octanol–water partition coefficient (Wildman–Crippen LogP) is 5.41. The summed E-state index contributed by atoms with van der Waals surface area (Å²) >= 11 is 35.2. The van der Waals surface area contributed by atoms with Crippen molar-refractivity contribution in [1.82, 2.24) is 10.6 Å². The number of amides is 1. The summed E-state index contributed by atoms with van der Waals surface area (Å²) in [4.78, 5) is 12.3. The summed E-state index contributed by atoms with van der Waals surface area (Å²) in [6.07, 6.45) is -1.11. The summed E-state index contributed by atoms with van der Waals surface area (Å²) in [6, 6.07) is 13.5. The van der Waals surface area contributed by atoms with E-state index in [-0.39, 0.29) is 5.11 Å². The molecule has 0 bridgehead atoms. The Hall–Kier alpha value is -0.950. The average Bonchev–Trinajstić information content (AvgIpc) is 2.57. The van der Waals surface area contributed by atoms with Crippen molar-refractivity contribution >= 4 is 86.9 Å². The highest BCUT2D eigenvalue weighted by Crippen LogP contribution is 2.31. The van der Waals surface area contributed by atoms with Gasteiger partial charge in [0.15, 0.2) is 5.11 Å². The summed E-state index contributed by atoms with van der Waals surface area (Å²) in [5, 5.41) is 8.92. The van der Waals surface area contributed by atoms with Crippen LogP contribution in [0.1, 0.15) is 10.4 Å². The minimum absolute atomic E-state index is 0.0599. The Labute approximate surface area is 181 Å². The van der Waals surface area contributed by atoms with E-state index in [0.29, 0.717) is 21.3 Å². The summed E-state index contributed by atoms with van der Waals surface area (Å²) in [7, 11) is 0. The molecule has 2 aromatic carbocycles. The first kappa shape index (κ1) is 21.4. The predicted molar refractivity (Wildman–Crippen MR) is 114 cm³/mol. The number of hydrogen-bond donors (Lipinski definition) is 3. The Morgan fingerprint density at radius 3 is 2.04 bits per heavy atom. The lowest BCUT2D eigenvalue weighted by Crippen LogP contribution is -2.56. The number of halogens is 5. The Bertz CT molecular complexity index is 778. The van der Waals surface area contributed by atoms with Crippen molar-refractivity contribution in [2.75, 3.05) is 5.32 Å². The van der Waals surface area contributed by atoms with Gasteiger partial charge in [-0.05, 0) is 36.5 Å². The molecule has 0 aliphatic rings. The van der Waals surface area contributed by atoms with Crippen LogP contribution < -0.4 is 16.0 Å². The number of para-hydroxylation sites is 1. The molecule has 0 aliphatic heterocycles. The maximum absolute atomic E-state index is 12.3. The number of hydrogen-bond acceptors (Lipinski definition) is 2. The third-order valence-electron chi connectivity index (χ3n) is 3.12. The van der Waals surface area contributed by atoms with E-state index < -0.39 is 15.9 Å². The van der Waals surface area contributed by atoms with Gasteiger partial charge in [-0.25, -0.2) is 0 Å². The zero-order valence-electron chi connectivity index (χ0n) is 12.9. The standard InChI is InChI=1S/C16H12Cl5N3OS/c17-10-7-4-8-11(18)12(10)22-15(26)24-14(16(19,20)21)23-13(25)9-5-2-1-3-6-9/h1-8,14H,(H,23,25)(H2,22,24,26)/t14-/m0/s1. The summed E-state index contributed by atoms with van der Waals surface area (Å²) in [5.74, 6) is -0.437. The van der Waals surface area contributed by atoms with Crippen molar-refractivity contribution < 1.29 is 4.79 Å². The minimum Gasteiger partial charge on any atom is -0.339 e. The van der Waals surface area contributed by atoms with Gasteiger partial charge in [0.05, 0.1) is 15.7 Å². The van der Waals surface area contributed by atoms with Crippen molar-refractivity contribution in [2.45, 2.75) is 9.96 Å². The molecule has 1 amide bonds. The van der Waals surface area contributed by atoms with Crippen molar-refractivity contribution in [2.24, 2.45) is 0 Å². The number of carbonyl (C=O) groups is 1. The first-order chi connectivity index (χ1) is 12.2. The lowest BCUT2D eigenvalue weighted by atomic mass is 10.2. The van der Waals surface area contributed by atoms with Crippen molar-refractivity contribution in [3.05, 3.63) is 64.1 Å². The molecule has 0 heterocycles. The fourth-order valence-corrected chi connectivity index (χ4v) is 2.94. The van der Waals surface area contributed by atoms with Gasteiger partial charge in [0, 0.05) is 5.56 Å². The molecule has 138 valence electrons. The molecule has 0 radical (unpaired) electrons. The molecular formula is C16H12Cl5N3OS. The molecule has 0 aromatic heterocycles. The molecule has 0 saturated carbocycles. The summed E-state index contributed by atoms with van der Waals surface area (Å²) < 4.78 is -1.87. The molecule has 0 unspecified atom stereocenters. The van der Waals surface area contributed by atoms with Crippen LogP contribution in [0, 0.1) is 0 Å². The zero-order valence-corrected chi connectivity index (χ0v) is 17.5. The summed E-state index contributed by atoms with van der Waals surface area (Å²) in [5.41, 5.74) is 0.798. The molecule has 26 heavy (non-hydrogen) atoms. The Kier molecular flexibility index (Phi) is 7.64. The van der Waals surface area contributed by atoms with Crippen molar-refractivity contribution in [3.63, 3.8) is 0 Å². The number of rotatable bonds is 4. The van der Waals surface area contributed by atoms with Crippen LogP contribution in [0.5, 0.6) is 0 Å². The first-order valence-corrected chi connectivity index (χ1v) is 9.42. The molecule has 0 spiro atoms. The van der Waals surface area contributed by atoms with Crippen LogP contribution in [0.25, 0.3) is 0 Å². The van der Waals surface area contributed by atoms with Crippen LogP contribution >= 0.6 is 70.2 Å². The molecule has 0 aliphatic carbocycles. The van der Waals surface area contributed by atoms with Gasteiger partial charge in [-0.15, -0.1) is 0 Å². The molecule has 3 N–H and O–H groups in total. The van der Waals surface area contributed by atoms with E-state index in [9.17, 15) is 4.79 Å². The topological polar surface area (TPSA) is 53.2 Å². The number of nitrogens with one attached hydrogen (secondary N) is 3. The van der Waals surface area contributed by atoms with Gasteiger partial charge in [-0.3, -0.25) is 4.79 Å². The zero-order chi connectivity index (χ0) is 19.3. The van der Waals surface area contributed by atoms with Crippen molar-refractivity contribution in [1.29, 1.82) is 0 Å². The molecule has 0 saturated heterocycles. The van der Waals surface area contributed by atoms with E-state index in [2.05, 4.69) is 16.0 Å². The fourth-order valence-electron chi connectivity index (χ4n) is 1.90. The molecular weight excluding hydrogens is 460 g/mol. The van der Waals surface area contributed by atoms with E-state index in [4.69, 9.17) is 70.2 Å². The second kappa shape index (κ2) is 9.31. The van der Waals surface area contributed by atoms with Crippen LogP contribution in [-0.2, 0) is 0 Å². The summed E-state index contributed by atoms with van der Waals surface area (Å²) in [6.45, 7) is 0. The Morgan fingerprint density at radius 1 is 0.923 bits per heavy atom.